The lowest BCUT2D eigenvalue weighted by atomic mass is 9.89. The molecular weight excluding hydrogens is 364 g/mol. The molecule has 0 spiro atoms. The van der Waals surface area contributed by atoms with Crippen LogP contribution in [0.25, 0.3) is 10.6 Å². The van der Waals surface area contributed by atoms with E-state index < -0.39 is 11.9 Å². The molecule has 0 radical (unpaired) electrons. The average molecular weight is 382 g/mol. The van der Waals surface area contributed by atoms with Crippen LogP contribution in [0.4, 0.5) is 0 Å². The minimum atomic E-state index is -0.866. The van der Waals surface area contributed by atoms with Crippen LogP contribution < -0.4 is 0 Å². The van der Waals surface area contributed by atoms with Crippen LogP contribution in [-0.2, 0) is 16.0 Å². The van der Waals surface area contributed by atoms with E-state index in [4.69, 9.17) is 4.42 Å². The fourth-order valence-electron chi connectivity index (χ4n) is 3.47. The van der Waals surface area contributed by atoms with Gasteiger partial charge in [-0.1, -0.05) is 30.3 Å². The SMILES string of the molecule is O=C(O)C1CN(C(=O)Cc2csc(-c3ccoc3)n2)CC1c1ccccc1. The number of furan rings is 1. The van der Waals surface area contributed by atoms with Gasteiger partial charge in [0, 0.05) is 30.0 Å². The fourth-order valence-corrected chi connectivity index (χ4v) is 4.28. The molecule has 3 heterocycles. The zero-order valence-corrected chi connectivity index (χ0v) is 15.3. The van der Waals surface area contributed by atoms with Crippen molar-refractivity contribution >= 4 is 23.2 Å². The maximum atomic E-state index is 12.7. The van der Waals surface area contributed by atoms with E-state index in [2.05, 4.69) is 4.98 Å². The number of carboxylic acids is 1. The Bertz CT molecular complexity index is 936. The molecule has 0 aliphatic carbocycles. The molecule has 1 N–H and O–H groups in total. The van der Waals surface area contributed by atoms with Gasteiger partial charge in [0.15, 0.2) is 0 Å². The number of carbonyl (C=O) groups excluding carboxylic acids is 1. The van der Waals surface area contributed by atoms with Crippen molar-refractivity contribution in [1.82, 2.24) is 9.88 Å². The average Bonchev–Trinajstić information content (AvgIpc) is 3.42. The molecule has 27 heavy (non-hydrogen) atoms. The zero-order valence-electron chi connectivity index (χ0n) is 14.4. The lowest BCUT2D eigenvalue weighted by molar-refractivity contribution is -0.141. The van der Waals surface area contributed by atoms with Gasteiger partial charge in [-0.3, -0.25) is 9.59 Å². The Morgan fingerprint density at radius 1 is 1.22 bits per heavy atom. The van der Waals surface area contributed by atoms with E-state index in [0.717, 1.165) is 16.1 Å². The van der Waals surface area contributed by atoms with E-state index in [9.17, 15) is 14.7 Å². The molecule has 4 rings (SSSR count). The molecule has 2 atom stereocenters. The minimum absolute atomic E-state index is 0.0938. The molecule has 6 nitrogen and oxygen atoms in total. The summed E-state index contributed by atoms with van der Waals surface area (Å²) in [5.41, 5.74) is 2.53. The third-order valence-corrected chi connectivity index (χ3v) is 5.81. The van der Waals surface area contributed by atoms with Gasteiger partial charge >= 0.3 is 5.97 Å². The van der Waals surface area contributed by atoms with E-state index in [1.807, 2.05) is 41.8 Å². The summed E-state index contributed by atoms with van der Waals surface area (Å²) in [5, 5.41) is 12.3. The first-order valence-corrected chi connectivity index (χ1v) is 9.52. The highest BCUT2D eigenvalue weighted by Gasteiger charge is 2.40. The molecule has 2 unspecified atom stereocenters. The van der Waals surface area contributed by atoms with E-state index in [0.29, 0.717) is 12.2 Å². The Hall–Kier alpha value is -2.93. The molecule has 0 bridgehead atoms. The summed E-state index contributed by atoms with van der Waals surface area (Å²) in [6.07, 6.45) is 3.37. The maximum absolute atomic E-state index is 12.7. The minimum Gasteiger partial charge on any atom is -0.481 e. The Morgan fingerprint density at radius 2 is 2.04 bits per heavy atom. The van der Waals surface area contributed by atoms with Crippen molar-refractivity contribution in [2.24, 2.45) is 5.92 Å². The highest BCUT2D eigenvalue weighted by atomic mass is 32.1. The van der Waals surface area contributed by atoms with Crippen molar-refractivity contribution in [2.75, 3.05) is 13.1 Å². The standard InChI is InChI=1S/C20H18N2O4S/c23-18(8-15-12-27-19(21-15)14-6-7-26-11-14)22-9-16(17(10-22)20(24)25)13-4-2-1-3-5-13/h1-7,11-12,16-17H,8-10H2,(H,24,25). The molecule has 1 aliphatic heterocycles. The quantitative estimate of drug-likeness (QED) is 0.732. The highest BCUT2D eigenvalue weighted by Crippen LogP contribution is 2.33. The van der Waals surface area contributed by atoms with Crippen LogP contribution in [0.2, 0.25) is 0 Å². The van der Waals surface area contributed by atoms with Crippen LogP contribution in [-0.4, -0.2) is 40.0 Å². The van der Waals surface area contributed by atoms with E-state index in [1.54, 1.807) is 17.4 Å². The predicted octanol–water partition coefficient (Wildman–Crippen LogP) is 3.27. The van der Waals surface area contributed by atoms with Gasteiger partial charge in [-0.15, -0.1) is 11.3 Å². The first-order valence-electron chi connectivity index (χ1n) is 8.64. The Morgan fingerprint density at radius 3 is 2.74 bits per heavy atom. The first-order chi connectivity index (χ1) is 13.1. The summed E-state index contributed by atoms with van der Waals surface area (Å²) in [6.45, 7) is 0.644. The molecule has 1 aliphatic rings. The van der Waals surface area contributed by atoms with Gasteiger partial charge in [-0.2, -0.15) is 0 Å². The number of amides is 1. The number of nitrogens with zero attached hydrogens (tertiary/aromatic N) is 2. The van der Waals surface area contributed by atoms with Crippen LogP contribution >= 0.6 is 11.3 Å². The topological polar surface area (TPSA) is 83.6 Å². The Balaban J connectivity index is 1.47. The molecule has 1 aromatic carbocycles. The van der Waals surface area contributed by atoms with Crippen molar-refractivity contribution in [1.29, 1.82) is 0 Å². The van der Waals surface area contributed by atoms with E-state index in [1.165, 1.54) is 11.3 Å². The van der Waals surface area contributed by atoms with Crippen LogP contribution in [0.1, 0.15) is 17.2 Å². The van der Waals surface area contributed by atoms with Crippen LogP contribution in [0.3, 0.4) is 0 Å². The number of benzene rings is 1. The smallest absolute Gasteiger partial charge is 0.308 e. The van der Waals surface area contributed by atoms with Crippen LogP contribution in [0.5, 0.6) is 0 Å². The number of aromatic nitrogens is 1. The molecule has 1 fully saturated rings. The van der Waals surface area contributed by atoms with Gasteiger partial charge in [0.2, 0.25) is 5.91 Å². The van der Waals surface area contributed by atoms with Gasteiger partial charge in [-0.25, -0.2) is 4.98 Å². The van der Waals surface area contributed by atoms with Crippen LogP contribution in [0.15, 0.2) is 58.7 Å². The lowest BCUT2D eigenvalue weighted by Gasteiger charge is -2.16. The first kappa shape index (κ1) is 17.5. The van der Waals surface area contributed by atoms with Crippen molar-refractivity contribution in [2.45, 2.75) is 12.3 Å². The Kier molecular flexibility index (Phi) is 4.77. The molecule has 3 aromatic rings. The second-order valence-corrected chi connectivity index (χ2v) is 7.45. The number of rotatable bonds is 5. The van der Waals surface area contributed by atoms with Crippen molar-refractivity contribution < 1.29 is 19.1 Å². The number of likely N-dealkylation sites (tertiary alicyclic amines) is 1. The number of carbonyl (C=O) groups is 2. The molecule has 2 aromatic heterocycles. The number of aliphatic carboxylic acids is 1. The van der Waals surface area contributed by atoms with Gasteiger partial charge in [0.1, 0.15) is 11.3 Å². The molecule has 1 amide bonds. The third-order valence-electron chi connectivity index (χ3n) is 4.87. The summed E-state index contributed by atoms with van der Waals surface area (Å²) in [5.74, 6) is -1.74. The summed E-state index contributed by atoms with van der Waals surface area (Å²) >= 11 is 1.46. The summed E-state index contributed by atoms with van der Waals surface area (Å²) in [7, 11) is 0. The van der Waals surface area contributed by atoms with Gasteiger partial charge in [0.05, 0.1) is 24.3 Å². The van der Waals surface area contributed by atoms with Gasteiger partial charge < -0.3 is 14.4 Å². The fraction of sp³-hybridized carbons (Fsp3) is 0.250. The largest absolute Gasteiger partial charge is 0.481 e. The Labute approximate surface area is 160 Å². The van der Waals surface area contributed by atoms with Gasteiger partial charge in [-0.05, 0) is 11.6 Å². The highest BCUT2D eigenvalue weighted by molar-refractivity contribution is 7.13. The van der Waals surface area contributed by atoms with E-state index >= 15 is 0 Å². The second-order valence-electron chi connectivity index (χ2n) is 6.59. The van der Waals surface area contributed by atoms with Gasteiger partial charge in [0.25, 0.3) is 0 Å². The van der Waals surface area contributed by atoms with Crippen LogP contribution in [0, 0.1) is 5.92 Å². The molecule has 0 saturated carbocycles. The summed E-state index contributed by atoms with van der Waals surface area (Å²) < 4.78 is 5.06. The number of thiazole rings is 1. The van der Waals surface area contributed by atoms with Crippen molar-refractivity contribution in [3.05, 3.63) is 65.6 Å². The monoisotopic (exact) mass is 382 g/mol. The number of hydrogen-bond acceptors (Lipinski definition) is 5. The summed E-state index contributed by atoms with van der Waals surface area (Å²) in [4.78, 5) is 30.6. The number of carboxylic acid groups (broad SMARTS) is 1. The second kappa shape index (κ2) is 7.36. The number of hydrogen-bond donors (Lipinski definition) is 1. The van der Waals surface area contributed by atoms with E-state index in [-0.39, 0.29) is 24.8 Å². The molecule has 1 saturated heterocycles. The van der Waals surface area contributed by atoms with Crippen molar-refractivity contribution in [3.8, 4) is 10.6 Å². The maximum Gasteiger partial charge on any atom is 0.308 e. The predicted molar refractivity (Wildman–Crippen MR) is 100 cm³/mol. The molecule has 138 valence electrons. The lowest BCUT2D eigenvalue weighted by Crippen LogP contribution is -2.31. The normalized spacial score (nSPS) is 19.3. The zero-order chi connectivity index (χ0) is 18.8. The third kappa shape index (κ3) is 3.64. The summed E-state index contributed by atoms with van der Waals surface area (Å²) in [6, 6.07) is 11.4. The van der Waals surface area contributed by atoms with Crippen molar-refractivity contribution in [3.63, 3.8) is 0 Å². The molecule has 7 heteroatoms. The molecular formula is C20H18N2O4S.